The van der Waals surface area contributed by atoms with Crippen molar-refractivity contribution in [2.75, 3.05) is 21.3 Å². The number of nitrogens with zero attached hydrogens (tertiary/aromatic N) is 5. The largest absolute Gasteiger partial charge is 0.497 e. The minimum Gasteiger partial charge on any atom is -0.497 e. The van der Waals surface area contributed by atoms with E-state index in [1.54, 1.807) is 38.4 Å². The number of aromatic nitrogens is 4. The molecule has 0 aliphatic carbocycles. The van der Waals surface area contributed by atoms with E-state index in [-0.39, 0.29) is 12.5 Å². The molecule has 4 aromatic carbocycles. The molecule has 3 heterocycles. The topological polar surface area (TPSA) is 102 Å². The van der Waals surface area contributed by atoms with Crippen molar-refractivity contribution in [2.24, 2.45) is 5.16 Å². The van der Waals surface area contributed by atoms with Gasteiger partial charge >= 0.3 is 0 Å². The molecule has 0 saturated heterocycles. The van der Waals surface area contributed by atoms with Crippen molar-refractivity contribution in [1.29, 1.82) is 0 Å². The highest BCUT2D eigenvalue weighted by molar-refractivity contribution is 5.90. The van der Waals surface area contributed by atoms with Crippen LogP contribution >= 0.6 is 0 Å². The summed E-state index contributed by atoms with van der Waals surface area (Å²) in [6, 6.07) is 25.9. The molecular weight excluding hydrogens is 546 g/mol. The number of ether oxygens (including phenoxy) is 4. The maximum absolute atomic E-state index is 6.39. The fraction of sp³-hybridized carbons (Fsp3) is 0.152. The summed E-state index contributed by atoms with van der Waals surface area (Å²) in [4.78, 5) is 15.1. The molecule has 2 aromatic heterocycles. The predicted octanol–water partition coefficient (Wildman–Crippen LogP) is 6.14. The summed E-state index contributed by atoms with van der Waals surface area (Å²) in [6.07, 6.45) is 3.20. The van der Waals surface area contributed by atoms with Gasteiger partial charge in [-0.3, -0.25) is 0 Å². The number of rotatable bonds is 8. The lowest BCUT2D eigenvalue weighted by atomic mass is 9.81. The van der Waals surface area contributed by atoms with Gasteiger partial charge in [0.05, 0.1) is 33.1 Å². The molecule has 0 bridgehead atoms. The van der Waals surface area contributed by atoms with Gasteiger partial charge in [-0.25, -0.2) is 14.5 Å². The van der Waals surface area contributed by atoms with Gasteiger partial charge in [0.1, 0.15) is 17.8 Å². The van der Waals surface area contributed by atoms with Crippen LogP contribution in [0.4, 0.5) is 0 Å². The Kier molecular flexibility index (Phi) is 6.71. The Hall–Kier alpha value is -5.64. The van der Waals surface area contributed by atoms with E-state index in [1.165, 1.54) is 0 Å². The highest BCUT2D eigenvalue weighted by Gasteiger charge is 2.34. The van der Waals surface area contributed by atoms with E-state index in [2.05, 4.69) is 45.6 Å². The van der Waals surface area contributed by atoms with Gasteiger partial charge < -0.3 is 23.8 Å². The van der Waals surface area contributed by atoms with Gasteiger partial charge in [0.15, 0.2) is 29.6 Å². The lowest BCUT2D eigenvalue weighted by molar-refractivity contribution is 0.126. The first-order valence-electron chi connectivity index (χ1n) is 13.6. The monoisotopic (exact) mass is 573 g/mol. The van der Waals surface area contributed by atoms with Crippen molar-refractivity contribution < 1.29 is 23.8 Å². The summed E-state index contributed by atoms with van der Waals surface area (Å²) >= 11 is 0. The number of fused-ring (bicyclic) bond motifs is 6. The third kappa shape index (κ3) is 4.72. The third-order valence-electron chi connectivity index (χ3n) is 7.47. The van der Waals surface area contributed by atoms with Gasteiger partial charge in [-0.2, -0.15) is 0 Å². The minimum absolute atomic E-state index is 0.0633. The van der Waals surface area contributed by atoms with Crippen molar-refractivity contribution in [2.45, 2.75) is 12.5 Å². The first-order chi connectivity index (χ1) is 21.2. The molecule has 10 heteroatoms. The van der Waals surface area contributed by atoms with Crippen LogP contribution in [0, 0.1) is 0 Å². The van der Waals surface area contributed by atoms with Crippen LogP contribution in [0.1, 0.15) is 34.0 Å². The van der Waals surface area contributed by atoms with E-state index in [0.717, 1.165) is 44.5 Å². The average Bonchev–Trinajstić information content (AvgIpc) is 3.49. The van der Waals surface area contributed by atoms with Crippen molar-refractivity contribution >= 4 is 22.6 Å². The SMILES string of the molecule is COc1ccc(C2c3c(ccc4ccccc34)Oc3ncn4nc(CON=Cc5ccc(OC)c(OC)c5)nc4c32)cc1. The zero-order chi connectivity index (χ0) is 29.3. The molecule has 43 heavy (non-hydrogen) atoms. The number of hydrogen-bond donors (Lipinski definition) is 0. The van der Waals surface area contributed by atoms with Crippen LogP contribution in [0.2, 0.25) is 0 Å². The van der Waals surface area contributed by atoms with E-state index >= 15 is 0 Å². The summed E-state index contributed by atoms with van der Waals surface area (Å²) in [7, 11) is 4.84. The number of oxime groups is 1. The Morgan fingerprint density at radius 1 is 0.884 bits per heavy atom. The number of hydrogen-bond acceptors (Lipinski definition) is 9. The molecule has 0 fully saturated rings. The molecule has 6 aromatic rings. The van der Waals surface area contributed by atoms with Crippen molar-refractivity contribution in [3.05, 3.63) is 113 Å². The highest BCUT2D eigenvalue weighted by atomic mass is 16.6. The molecule has 0 spiro atoms. The van der Waals surface area contributed by atoms with Gasteiger partial charge in [0.2, 0.25) is 5.88 Å². The molecule has 1 atom stereocenters. The van der Waals surface area contributed by atoms with Crippen LogP contribution in [0.5, 0.6) is 28.9 Å². The van der Waals surface area contributed by atoms with Crippen LogP contribution in [-0.2, 0) is 11.4 Å². The Bertz CT molecular complexity index is 1990. The van der Waals surface area contributed by atoms with E-state index in [0.29, 0.717) is 28.9 Å². The van der Waals surface area contributed by atoms with Gasteiger partial charge in [0.25, 0.3) is 0 Å². The summed E-state index contributed by atoms with van der Waals surface area (Å²) in [5.41, 5.74) is 4.35. The first kappa shape index (κ1) is 26.3. The second-order valence-electron chi connectivity index (χ2n) is 9.89. The quantitative estimate of drug-likeness (QED) is 0.158. The first-order valence-corrected chi connectivity index (χ1v) is 13.6. The van der Waals surface area contributed by atoms with E-state index in [1.807, 2.05) is 48.5 Å². The Labute approximate surface area is 247 Å². The zero-order valence-electron chi connectivity index (χ0n) is 23.7. The fourth-order valence-electron chi connectivity index (χ4n) is 5.47. The number of methoxy groups -OCH3 is 3. The fourth-order valence-corrected chi connectivity index (χ4v) is 5.47. The van der Waals surface area contributed by atoms with Crippen molar-refractivity contribution in [1.82, 2.24) is 19.6 Å². The Morgan fingerprint density at radius 3 is 2.53 bits per heavy atom. The zero-order valence-corrected chi connectivity index (χ0v) is 23.7. The summed E-state index contributed by atoms with van der Waals surface area (Å²) < 4.78 is 24.1. The third-order valence-corrected chi connectivity index (χ3v) is 7.47. The van der Waals surface area contributed by atoms with E-state index in [9.17, 15) is 0 Å². The van der Waals surface area contributed by atoms with Crippen LogP contribution in [-0.4, -0.2) is 47.1 Å². The van der Waals surface area contributed by atoms with Crippen LogP contribution in [0.25, 0.3) is 16.4 Å². The van der Waals surface area contributed by atoms with Crippen LogP contribution in [0.3, 0.4) is 0 Å². The normalized spacial score (nSPS) is 13.9. The van der Waals surface area contributed by atoms with Gasteiger partial charge in [-0.15, -0.1) is 5.10 Å². The average molecular weight is 574 g/mol. The standard InChI is InChI=1S/C33H27N5O5/c1-39-23-12-9-22(10-13-23)29-30-24-7-5-4-6-21(24)11-15-26(30)43-33-31(29)32-36-28(37-38(32)19-34-33)18-42-35-17-20-8-14-25(40-2)27(16-20)41-3/h4-17,19,29H,18H2,1-3H3. The van der Waals surface area contributed by atoms with Crippen molar-refractivity contribution in [3.63, 3.8) is 0 Å². The van der Waals surface area contributed by atoms with Crippen molar-refractivity contribution in [3.8, 4) is 28.9 Å². The second-order valence-corrected chi connectivity index (χ2v) is 9.89. The second kappa shape index (κ2) is 11.0. The molecule has 1 aliphatic rings. The summed E-state index contributed by atoms with van der Waals surface area (Å²) in [6.45, 7) is 0.0633. The van der Waals surface area contributed by atoms with E-state index in [4.69, 9.17) is 28.8 Å². The smallest absolute Gasteiger partial charge is 0.228 e. The molecule has 0 radical (unpaired) electrons. The Balaban J connectivity index is 1.26. The molecule has 7 rings (SSSR count). The van der Waals surface area contributed by atoms with Gasteiger partial charge in [-0.05, 0) is 52.7 Å². The maximum atomic E-state index is 6.39. The van der Waals surface area contributed by atoms with E-state index < -0.39 is 0 Å². The summed E-state index contributed by atoms with van der Waals surface area (Å²) in [5, 5.41) is 10.9. The molecule has 0 N–H and O–H groups in total. The molecule has 1 unspecified atom stereocenters. The maximum Gasteiger partial charge on any atom is 0.228 e. The molecule has 214 valence electrons. The lowest BCUT2D eigenvalue weighted by Gasteiger charge is -2.29. The summed E-state index contributed by atoms with van der Waals surface area (Å²) in [5.74, 6) is 3.51. The van der Waals surface area contributed by atoms with Gasteiger partial charge in [-0.1, -0.05) is 47.6 Å². The minimum atomic E-state index is -0.215. The molecule has 1 aliphatic heterocycles. The molecule has 10 nitrogen and oxygen atoms in total. The van der Waals surface area contributed by atoms with Gasteiger partial charge in [0, 0.05) is 17.0 Å². The Morgan fingerprint density at radius 2 is 1.72 bits per heavy atom. The molecular formula is C33H27N5O5. The highest BCUT2D eigenvalue weighted by Crippen LogP contribution is 2.50. The lowest BCUT2D eigenvalue weighted by Crippen LogP contribution is -2.15. The molecule has 0 saturated carbocycles. The number of benzene rings is 4. The van der Waals surface area contributed by atoms with Crippen LogP contribution in [0.15, 0.2) is 90.3 Å². The molecule has 0 amide bonds. The predicted molar refractivity (Wildman–Crippen MR) is 161 cm³/mol. The van der Waals surface area contributed by atoms with Crippen LogP contribution < -0.4 is 18.9 Å².